The van der Waals surface area contributed by atoms with Gasteiger partial charge in [-0.2, -0.15) is 0 Å². The Bertz CT molecular complexity index is 442. The smallest absolute Gasteiger partial charge is 0.422 e. The van der Waals surface area contributed by atoms with Crippen molar-refractivity contribution >= 4 is 33.6 Å². The molecule has 0 spiro atoms. The molecule has 0 amide bonds. The first kappa shape index (κ1) is 9.64. The Hall–Kier alpha value is -0.905. The maximum Gasteiger partial charge on any atom is 0.519 e. The van der Waals surface area contributed by atoms with Gasteiger partial charge in [-0.05, 0) is 37.1 Å². The standard InChI is InChI=1S/C9H10BNO2S/c1-5-3-7-8(4-6(5)2)14-9(11-7)10(12)13/h3-4,12-13H,1-2H3. The third kappa shape index (κ3) is 1.54. The molecule has 2 rings (SSSR count). The van der Waals surface area contributed by atoms with Crippen molar-refractivity contribution in [1.82, 2.24) is 4.98 Å². The lowest BCUT2D eigenvalue weighted by molar-refractivity contribution is 0.425. The Balaban J connectivity index is 2.66. The fourth-order valence-electron chi connectivity index (χ4n) is 1.31. The average molecular weight is 207 g/mol. The van der Waals surface area contributed by atoms with Crippen LogP contribution in [0.25, 0.3) is 10.2 Å². The van der Waals surface area contributed by atoms with E-state index in [1.165, 1.54) is 22.5 Å². The third-order valence-corrected chi connectivity index (χ3v) is 3.30. The summed E-state index contributed by atoms with van der Waals surface area (Å²) in [5.74, 6) is 0. The molecule has 3 nitrogen and oxygen atoms in total. The predicted molar refractivity (Wildman–Crippen MR) is 58.9 cm³/mol. The van der Waals surface area contributed by atoms with Crippen molar-refractivity contribution < 1.29 is 10.0 Å². The van der Waals surface area contributed by atoms with Crippen molar-refractivity contribution in [2.45, 2.75) is 13.8 Å². The van der Waals surface area contributed by atoms with Gasteiger partial charge in [0, 0.05) is 0 Å². The van der Waals surface area contributed by atoms with E-state index in [-0.39, 0.29) is 0 Å². The zero-order valence-electron chi connectivity index (χ0n) is 7.98. The van der Waals surface area contributed by atoms with Gasteiger partial charge in [0.1, 0.15) is 4.91 Å². The maximum absolute atomic E-state index is 8.97. The summed E-state index contributed by atoms with van der Waals surface area (Å²) in [5.41, 5.74) is 3.20. The topological polar surface area (TPSA) is 53.4 Å². The Morgan fingerprint density at radius 1 is 1.21 bits per heavy atom. The number of benzene rings is 1. The monoisotopic (exact) mass is 207 g/mol. The van der Waals surface area contributed by atoms with Crippen LogP contribution in [0.2, 0.25) is 0 Å². The normalized spacial score (nSPS) is 10.9. The summed E-state index contributed by atoms with van der Waals surface area (Å²) in [4.78, 5) is 4.48. The van der Waals surface area contributed by atoms with Gasteiger partial charge in [0.25, 0.3) is 0 Å². The molecular weight excluding hydrogens is 197 g/mol. The van der Waals surface area contributed by atoms with E-state index in [1.807, 2.05) is 26.0 Å². The van der Waals surface area contributed by atoms with Crippen LogP contribution in [0.3, 0.4) is 0 Å². The molecule has 0 saturated heterocycles. The number of aryl methyl sites for hydroxylation is 2. The molecule has 14 heavy (non-hydrogen) atoms. The molecule has 0 unspecified atom stereocenters. The number of thiazole rings is 1. The van der Waals surface area contributed by atoms with Crippen molar-refractivity contribution in [3.8, 4) is 0 Å². The lowest BCUT2D eigenvalue weighted by atomic mass is 9.94. The fraction of sp³-hybridized carbons (Fsp3) is 0.222. The quantitative estimate of drug-likeness (QED) is 0.673. The summed E-state index contributed by atoms with van der Waals surface area (Å²) >= 11 is 1.32. The molecule has 0 atom stereocenters. The van der Waals surface area contributed by atoms with Gasteiger partial charge in [0.2, 0.25) is 0 Å². The molecular formula is C9H10BNO2S. The molecule has 5 heteroatoms. The lowest BCUT2D eigenvalue weighted by Gasteiger charge is -1.97. The van der Waals surface area contributed by atoms with Crippen LogP contribution >= 0.6 is 11.3 Å². The summed E-state index contributed by atoms with van der Waals surface area (Å²) in [6, 6.07) is 3.99. The van der Waals surface area contributed by atoms with Gasteiger partial charge in [-0.25, -0.2) is 4.98 Å². The van der Waals surface area contributed by atoms with E-state index in [2.05, 4.69) is 4.98 Å². The zero-order valence-corrected chi connectivity index (χ0v) is 8.80. The van der Waals surface area contributed by atoms with Gasteiger partial charge in [-0.3, -0.25) is 0 Å². The Morgan fingerprint density at radius 2 is 1.86 bits per heavy atom. The summed E-state index contributed by atoms with van der Waals surface area (Å²) in [7, 11) is -1.46. The van der Waals surface area contributed by atoms with Crippen molar-refractivity contribution in [3.63, 3.8) is 0 Å². The second-order valence-electron chi connectivity index (χ2n) is 3.33. The van der Waals surface area contributed by atoms with Gasteiger partial charge in [-0.1, -0.05) is 0 Å². The Morgan fingerprint density at radius 3 is 2.50 bits per heavy atom. The highest BCUT2D eigenvalue weighted by Gasteiger charge is 2.16. The number of fused-ring (bicyclic) bond motifs is 1. The summed E-state index contributed by atoms with van der Waals surface area (Å²) in [6.45, 7) is 4.05. The van der Waals surface area contributed by atoms with E-state index in [0.717, 1.165) is 10.2 Å². The second-order valence-corrected chi connectivity index (χ2v) is 4.39. The van der Waals surface area contributed by atoms with E-state index in [0.29, 0.717) is 4.91 Å². The van der Waals surface area contributed by atoms with E-state index in [9.17, 15) is 0 Å². The molecule has 2 N–H and O–H groups in total. The van der Waals surface area contributed by atoms with Gasteiger partial charge in [-0.15, -0.1) is 11.3 Å². The molecule has 1 aromatic carbocycles. The van der Waals surface area contributed by atoms with Gasteiger partial charge < -0.3 is 10.0 Å². The maximum atomic E-state index is 8.97. The molecule has 2 aromatic rings. The van der Waals surface area contributed by atoms with Crippen molar-refractivity contribution in [2.75, 3.05) is 0 Å². The second kappa shape index (κ2) is 3.35. The lowest BCUT2D eigenvalue weighted by Crippen LogP contribution is -2.28. The van der Waals surface area contributed by atoms with Crippen molar-refractivity contribution in [1.29, 1.82) is 0 Å². The molecule has 0 saturated carbocycles. The van der Waals surface area contributed by atoms with E-state index >= 15 is 0 Å². The third-order valence-electron chi connectivity index (χ3n) is 2.24. The molecule has 0 aliphatic carbocycles. The van der Waals surface area contributed by atoms with Crippen LogP contribution in [0.15, 0.2) is 12.1 Å². The van der Waals surface area contributed by atoms with Crippen LogP contribution in [-0.2, 0) is 0 Å². The van der Waals surface area contributed by atoms with Crippen LogP contribution in [0.4, 0.5) is 0 Å². The summed E-state index contributed by atoms with van der Waals surface area (Å²) in [5, 5.41) is 17.9. The highest BCUT2D eigenvalue weighted by atomic mass is 32.1. The van der Waals surface area contributed by atoms with Crippen molar-refractivity contribution in [3.05, 3.63) is 23.3 Å². The van der Waals surface area contributed by atoms with Crippen LogP contribution in [0, 0.1) is 13.8 Å². The minimum absolute atomic E-state index is 0.352. The van der Waals surface area contributed by atoms with Crippen LogP contribution in [0.1, 0.15) is 11.1 Å². The highest BCUT2D eigenvalue weighted by molar-refractivity contribution is 7.27. The summed E-state index contributed by atoms with van der Waals surface area (Å²) < 4.78 is 0.996. The molecule has 72 valence electrons. The zero-order chi connectivity index (χ0) is 10.3. The first-order valence-corrected chi connectivity index (χ1v) is 5.13. The molecule has 1 aromatic heterocycles. The average Bonchev–Trinajstić information content (AvgIpc) is 2.48. The van der Waals surface area contributed by atoms with Crippen LogP contribution in [0.5, 0.6) is 0 Å². The number of rotatable bonds is 1. The minimum atomic E-state index is -1.46. The Kier molecular flexibility index (Phi) is 2.30. The first-order chi connectivity index (χ1) is 6.58. The molecule has 0 aliphatic heterocycles. The minimum Gasteiger partial charge on any atom is -0.422 e. The molecule has 1 heterocycles. The first-order valence-electron chi connectivity index (χ1n) is 4.32. The fourth-order valence-corrected chi connectivity index (χ4v) is 2.23. The Labute approximate surface area is 86.2 Å². The molecule has 0 bridgehead atoms. The number of hydrogen-bond acceptors (Lipinski definition) is 4. The van der Waals surface area contributed by atoms with Gasteiger partial charge in [0.05, 0.1) is 10.2 Å². The molecule has 0 aliphatic rings. The van der Waals surface area contributed by atoms with E-state index < -0.39 is 7.12 Å². The SMILES string of the molecule is Cc1cc2nc(B(O)O)sc2cc1C. The number of aromatic nitrogens is 1. The molecule has 0 fully saturated rings. The number of hydrogen-bond donors (Lipinski definition) is 2. The van der Waals surface area contributed by atoms with Crippen LogP contribution in [-0.4, -0.2) is 22.2 Å². The van der Waals surface area contributed by atoms with E-state index in [4.69, 9.17) is 10.0 Å². The van der Waals surface area contributed by atoms with Gasteiger partial charge >= 0.3 is 7.12 Å². The summed E-state index contributed by atoms with van der Waals surface area (Å²) in [6.07, 6.45) is 0. The van der Waals surface area contributed by atoms with Gasteiger partial charge in [0.15, 0.2) is 0 Å². The van der Waals surface area contributed by atoms with Crippen molar-refractivity contribution in [2.24, 2.45) is 0 Å². The number of nitrogens with zero attached hydrogens (tertiary/aromatic N) is 1. The van der Waals surface area contributed by atoms with E-state index in [1.54, 1.807) is 0 Å². The molecule has 0 radical (unpaired) electrons. The predicted octanol–water partition coefficient (Wildman–Crippen LogP) is 0.593. The largest absolute Gasteiger partial charge is 0.519 e. The highest BCUT2D eigenvalue weighted by Crippen LogP contribution is 2.20. The van der Waals surface area contributed by atoms with Crippen LogP contribution < -0.4 is 4.91 Å².